The maximum atomic E-state index is 12.6. The average molecular weight is 474 g/mol. The lowest BCUT2D eigenvalue weighted by atomic mass is 10.1. The van der Waals surface area contributed by atoms with Crippen LogP contribution in [0, 0.1) is 22.7 Å². The summed E-state index contributed by atoms with van der Waals surface area (Å²) in [5, 5.41) is 30.6. The monoisotopic (exact) mass is 473 g/mol. The predicted octanol–water partition coefficient (Wildman–Crippen LogP) is 4.89. The van der Waals surface area contributed by atoms with Crippen molar-refractivity contribution in [2.75, 3.05) is 11.9 Å². The second-order valence-corrected chi connectivity index (χ2v) is 8.13. The van der Waals surface area contributed by atoms with Gasteiger partial charge in [0.05, 0.1) is 18.2 Å². The molecular formula is C25H23N5O3S. The second kappa shape index (κ2) is 12.1. The summed E-state index contributed by atoms with van der Waals surface area (Å²) in [5.74, 6) is 0.400. The number of benzene rings is 2. The van der Waals surface area contributed by atoms with E-state index in [0.29, 0.717) is 34.4 Å². The number of hydrogen-bond donors (Lipinski definition) is 1. The van der Waals surface area contributed by atoms with Gasteiger partial charge in [-0.05, 0) is 43.2 Å². The van der Waals surface area contributed by atoms with Crippen molar-refractivity contribution in [3.05, 3.63) is 69.7 Å². The number of nitrogens with one attached hydrogen (secondary N) is 1. The minimum absolute atomic E-state index is 0.0775. The fourth-order valence-corrected chi connectivity index (χ4v) is 3.85. The molecule has 3 aromatic rings. The maximum Gasteiger partial charge on any atom is 0.268 e. The number of nitrogens with zero attached hydrogens (tertiary/aromatic N) is 4. The van der Waals surface area contributed by atoms with Crippen molar-refractivity contribution >= 4 is 28.5 Å². The van der Waals surface area contributed by atoms with E-state index in [2.05, 4.69) is 21.6 Å². The van der Waals surface area contributed by atoms with Crippen LogP contribution in [0.5, 0.6) is 11.5 Å². The van der Waals surface area contributed by atoms with Gasteiger partial charge in [0.15, 0.2) is 11.5 Å². The van der Waals surface area contributed by atoms with Crippen LogP contribution in [0.3, 0.4) is 0 Å². The number of rotatable bonds is 10. The molecule has 172 valence electrons. The fraction of sp³-hybridized carbons (Fsp3) is 0.240. The van der Waals surface area contributed by atoms with Crippen molar-refractivity contribution in [1.82, 2.24) is 10.2 Å². The highest BCUT2D eigenvalue weighted by Crippen LogP contribution is 2.30. The van der Waals surface area contributed by atoms with E-state index in [4.69, 9.17) is 9.47 Å². The third-order valence-corrected chi connectivity index (χ3v) is 5.51. The molecule has 0 bridgehead atoms. The molecule has 1 heterocycles. The van der Waals surface area contributed by atoms with Gasteiger partial charge in [-0.2, -0.15) is 10.5 Å². The molecule has 3 rings (SSSR count). The highest BCUT2D eigenvalue weighted by atomic mass is 32.1. The minimum Gasteiger partial charge on any atom is -0.490 e. The Morgan fingerprint density at radius 2 is 1.94 bits per heavy atom. The first-order valence-electron chi connectivity index (χ1n) is 10.7. The Bertz CT molecular complexity index is 1270. The predicted molar refractivity (Wildman–Crippen MR) is 129 cm³/mol. The molecule has 34 heavy (non-hydrogen) atoms. The number of amides is 1. The van der Waals surface area contributed by atoms with E-state index >= 15 is 0 Å². The summed E-state index contributed by atoms with van der Waals surface area (Å²) in [6.45, 7) is 4.49. The molecule has 8 nitrogen and oxygen atoms in total. The van der Waals surface area contributed by atoms with Gasteiger partial charge in [0.1, 0.15) is 23.3 Å². The molecule has 1 N–H and O–H groups in total. The van der Waals surface area contributed by atoms with Crippen LogP contribution < -0.4 is 14.8 Å². The van der Waals surface area contributed by atoms with Gasteiger partial charge in [0.25, 0.3) is 5.91 Å². The molecular weight excluding hydrogens is 450 g/mol. The molecule has 9 heteroatoms. The van der Waals surface area contributed by atoms with E-state index in [1.807, 2.05) is 32.0 Å². The first-order valence-corrected chi connectivity index (χ1v) is 11.5. The largest absolute Gasteiger partial charge is 0.490 e. The van der Waals surface area contributed by atoms with Crippen LogP contribution in [0.4, 0.5) is 5.13 Å². The number of hydrogen-bond acceptors (Lipinski definition) is 8. The number of carbonyl (C=O) groups excluding carboxylic acids is 1. The van der Waals surface area contributed by atoms with Crippen LogP contribution in [-0.4, -0.2) is 22.7 Å². The average Bonchev–Trinajstić information content (AvgIpc) is 3.29. The van der Waals surface area contributed by atoms with E-state index in [1.165, 1.54) is 17.4 Å². The lowest BCUT2D eigenvalue weighted by molar-refractivity contribution is -0.112. The number of nitriles is 2. The lowest BCUT2D eigenvalue weighted by Crippen LogP contribution is -2.13. The van der Waals surface area contributed by atoms with E-state index in [0.717, 1.165) is 23.4 Å². The normalized spacial score (nSPS) is 10.8. The molecule has 0 saturated heterocycles. The second-order valence-electron chi connectivity index (χ2n) is 7.07. The van der Waals surface area contributed by atoms with Gasteiger partial charge in [0.2, 0.25) is 5.13 Å². The molecule has 0 spiro atoms. The smallest absolute Gasteiger partial charge is 0.268 e. The van der Waals surface area contributed by atoms with E-state index in [1.54, 1.807) is 30.3 Å². The van der Waals surface area contributed by atoms with Crippen LogP contribution in [0.1, 0.15) is 42.0 Å². The topological polar surface area (TPSA) is 121 Å². The number of carbonyl (C=O) groups is 1. The van der Waals surface area contributed by atoms with Crippen molar-refractivity contribution in [3.63, 3.8) is 0 Å². The zero-order valence-corrected chi connectivity index (χ0v) is 19.7. The molecule has 0 unspecified atom stereocenters. The lowest BCUT2D eigenvalue weighted by Gasteiger charge is -2.13. The summed E-state index contributed by atoms with van der Waals surface area (Å²) in [6.07, 6.45) is 3.18. The van der Waals surface area contributed by atoms with Crippen molar-refractivity contribution in [1.29, 1.82) is 10.5 Å². The Labute approximate surface area is 202 Å². The molecule has 0 aliphatic carbocycles. The molecule has 0 atom stereocenters. The number of aromatic nitrogens is 2. The van der Waals surface area contributed by atoms with Gasteiger partial charge in [-0.3, -0.25) is 10.1 Å². The van der Waals surface area contributed by atoms with Crippen LogP contribution in [-0.2, 0) is 17.8 Å². The molecule has 2 aromatic carbocycles. The zero-order chi connectivity index (χ0) is 24.3. The number of ether oxygens (including phenoxy) is 2. The molecule has 0 radical (unpaired) electrons. The molecule has 0 fully saturated rings. The summed E-state index contributed by atoms with van der Waals surface area (Å²) in [4.78, 5) is 12.6. The van der Waals surface area contributed by atoms with Gasteiger partial charge in [-0.15, -0.1) is 10.2 Å². The van der Waals surface area contributed by atoms with Gasteiger partial charge < -0.3 is 9.47 Å². The summed E-state index contributed by atoms with van der Waals surface area (Å²) < 4.78 is 11.6. The number of aryl methyl sites for hydroxylation is 1. The third-order valence-electron chi connectivity index (χ3n) is 4.62. The van der Waals surface area contributed by atoms with Crippen LogP contribution in [0.25, 0.3) is 6.08 Å². The summed E-state index contributed by atoms with van der Waals surface area (Å²) >= 11 is 1.29. The molecule has 1 amide bonds. The first kappa shape index (κ1) is 24.4. The van der Waals surface area contributed by atoms with Crippen molar-refractivity contribution in [2.45, 2.75) is 33.3 Å². The van der Waals surface area contributed by atoms with Crippen molar-refractivity contribution < 1.29 is 14.3 Å². The van der Waals surface area contributed by atoms with Crippen LogP contribution in [0.2, 0.25) is 0 Å². The third kappa shape index (κ3) is 6.41. The Hall–Kier alpha value is -4.21. The Kier molecular flexibility index (Phi) is 8.73. The highest BCUT2D eigenvalue weighted by Gasteiger charge is 2.14. The Morgan fingerprint density at radius 3 is 2.68 bits per heavy atom. The molecule has 1 aromatic heterocycles. The van der Waals surface area contributed by atoms with Crippen LogP contribution in [0.15, 0.2) is 48.0 Å². The summed E-state index contributed by atoms with van der Waals surface area (Å²) in [6, 6.07) is 16.4. The Balaban J connectivity index is 1.77. The van der Waals surface area contributed by atoms with Crippen molar-refractivity contribution in [3.8, 4) is 23.6 Å². The van der Waals surface area contributed by atoms with Gasteiger partial charge in [0, 0.05) is 12.0 Å². The van der Waals surface area contributed by atoms with Gasteiger partial charge in [-0.25, -0.2) is 0 Å². The first-order chi connectivity index (χ1) is 16.6. The van der Waals surface area contributed by atoms with Gasteiger partial charge >= 0.3 is 0 Å². The molecule has 0 aliphatic rings. The summed E-state index contributed by atoms with van der Waals surface area (Å²) in [5.41, 5.74) is 1.83. The van der Waals surface area contributed by atoms with E-state index < -0.39 is 5.91 Å². The van der Waals surface area contributed by atoms with E-state index in [9.17, 15) is 15.3 Å². The summed E-state index contributed by atoms with van der Waals surface area (Å²) in [7, 11) is 0. The fourth-order valence-electron chi connectivity index (χ4n) is 3.01. The quantitative estimate of drug-likeness (QED) is 0.329. The molecule has 0 saturated carbocycles. The maximum absolute atomic E-state index is 12.6. The van der Waals surface area contributed by atoms with E-state index in [-0.39, 0.29) is 12.2 Å². The Morgan fingerprint density at radius 1 is 1.12 bits per heavy atom. The van der Waals surface area contributed by atoms with Crippen molar-refractivity contribution in [2.24, 2.45) is 0 Å². The zero-order valence-electron chi connectivity index (χ0n) is 18.9. The minimum atomic E-state index is -0.562. The SMILES string of the molecule is CCCc1nnc(NC(=O)/C(C#N)=C\c2ccc(OCc3ccccc3C#N)c(OCC)c2)s1. The standard InChI is InChI=1S/C25H23N5O3S/c1-3-7-23-29-30-25(34-23)28-24(31)20(15-27)12-17-10-11-21(22(13-17)32-4-2)33-16-19-9-6-5-8-18(19)14-26/h5-6,8-13H,3-4,7,16H2,1-2H3,(H,28,30,31)/b20-12-. The highest BCUT2D eigenvalue weighted by molar-refractivity contribution is 7.15. The number of anilines is 1. The van der Waals surface area contributed by atoms with Gasteiger partial charge in [-0.1, -0.05) is 42.5 Å². The molecule has 0 aliphatic heterocycles. The van der Waals surface area contributed by atoms with Crippen LogP contribution >= 0.6 is 11.3 Å².